The molecule has 2 aromatic carbocycles. The number of nitrogens with zero attached hydrogens (tertiary/aromatic N) is 4. The fraction of sp³-hybridized carbons (Fsp3) is 0.250. The zero-order valence-corrected chi connectivity index (χ0v) is 18.4. The van der Waals surface area contributed by atoms with Crippen LogP contribution < -0.4 is 9.64 Å². The van der Waals surface area contributed by atoms with Crippen LogP contribution >= 0.6 is 0 Å². The molecule has 0 N–H and O–H groups in total. The minimum absolute atomic E-state index is 0.0466. The molecule has 0 unspecified atom stereocenters. The number of amides is 1. The molecule has 1 fully saturated rings. The predicted octanol–water partition coefficient (Wildman–Crippen LogP) is 4.93. The number of rotatable bonds is 8. The summed E-state index contributed by atoms with van der Waals surface area (Å²) in [5, 5.41) is 10.8. The molecular formula is C24H24N4O5. The predicted molar refractivity (Wildman–Crippen MR) is 123 cm³/mol. The second-order valence-corrected chi connectivity index (χ2v) is 7.65. The van der Waals surface area contributed by atoms with Crippen LogP contribution in [0.3, 0.4) is 0 Å². The average Bonchev–Trinajstić information content (AvgIpc) is 3.19. The number of hydrogen-bond acceptors (Lipinski definition) is 7. The second kappa shape index (κ2) is 9.56. The van der Waals surface area contributed by atoms with Gasteiger partial charge in [0.2, 0.25) is 0 Å². The molecule has 1 aliphatic heterocycles. The molecule has 1 saturated heterocycles. The van der Waals surface area contributed by atoms with E-state index in [1.807, 2.05) is 67.4 Å². The number of ether oxygens (including phenoxy) is 2. The Morgan fingerprint density at radius 3 is 2.36 bits per heavy atom. The molecular weight excluding hydrogens is 424 g/mol. The molecule has 0 saturated carbocycles. The first kappa shape index (κ1) is 22.1. The molecule has 2 heterocycles. The van der Waals surface area contributed by atoms with Gasteiger partial charge in [0.15, 0.2) is 0 Å². The number of carbonyl (C=O) groups excluding carboxylic acids is 1. The number of nitro groups is 1. The first-order chi connectivity index (χ1) is 15.9. The average molecular weight is 448 g/mol. The molecule has 1 amide bonds. The van der Waals surface area contributed by atoms with Crippen molar-refractivity contribution >= 4 is 23.3 Å². The number of aromatic nitrogens is 1. The third-order valence-corrected chi connectivity index (χ3v) is 5.56. The molecule has 9 heteroatoms. The van der Waals surface area contributed by atoms with Crippen molar-refractivity contribution in [3.8, 4) is 11.5 Å². The van der Waals surface area contributed by atoms with Crippen LogP contribution in [0.2, 0.25) is 0 Å². The van der Waals surface area contributed by atoms with Gasteiger partial charge in [0.05, 0.1) is 11.0 Å². The molecule has 1 aromatic heterocycles. The minimum Gasteiger partial charge on any atom is -0.457 e. The summed E-state index contributed by atoms with van der Waals surface area (Å²) in [6.45, 7) is 3.00. The zero-order valence-electron chi connectivity index (χ0n) is 18.4. The highest BCUT2D eigenvalue weighted by atomic mass is 16.6. The van der Waals surface area contributed by atoms with Crippen LogP contribution in [0.1, 0.15) is 12.5 Å². The molecule has 9 nitrogen and oxygen atoms in total. The van der Waals surface area contributed by atoms with Crippen molar-refractivity contribution in [1.29, 1.82) is 0 Å². The van der Waals surface area contributed by atoms with Crippen LogP contribution in [0, 0.1) is 10.1 Å². The third-order valence-electron chi connectivity index (χ3n) is 5.56. The van der Waals surface area contributed by atoms with Gasteiger partial charge in [-0.15, -0.1) is 0 Å². The van der Waals surface area contributed by atoms with E-state index in [1.54, 1.807) is 11.0 Å². The van der Waals surface area contributed by atoms with Crippen molar-refractivity contribution in [3.63, 3.8) is 0 Å². The van der Waals surface area contributed by atoms with E-state index in [1.165, 1.54) is 12.3 Å². The summed E-state index contributed by atoms with van der Waals surface area (Å²) in [6, 6.07) is 18.4. The Hall–Kier alpha value is -4.14. The van der Waals surface area contributed by atoms with E-state index in [0.29, 0.717) is 30.5 Å². The zero-order chi connectivity index (χ0) is 23.4. The lowest BCUT2D eigenvalue weighted by Gasteiger charge is -2.19. The largest absolute Gasteiger partial charge is 0.457 e. The van der Waals surface area contributed by atoms with Crippen LogP contribution in [0.4, 0.5) is 22.0 Å². The molecule has 33 heavy (non-hydrogen) atoms. The topological polar surface area (TPSA) is 98.0 Å². The molecule has 4 rings (SSSR count). The SMILES string of the molecule is CCN1C(=O)OC[C@@H]1Cc1ccc(Oc2ccc(N(C)c3ccc([N+](=O)[O-])cn3)cc2)cc1. The van der Waals surface area contributed by atoms with Crippen LogP contribution in [-0.2, 0) is 11.2 Å². The van der Waals surface area contributed by atoms with Crippen LogP contribution in [0.25, 0.3) is 0 Å². The van der Waals surface area contributed by atoms with Crippen LogP contribution in [0.5, 0.6) is 11.5 Å². The highest BCUT2D eigenvalue weighted by Crippen LogP contribution is 2.28. The number of carbonyl (C=O) groups is 1. The fourth-order valence-corrected chi connectivity index (χ4v) is 3.70. The Morgan fingerprint density at radius 1 is 1.12 bits per heavy atom. The quantitative estimate of drug-likeness (QED) is 0.356. The Kier molecular flexibility index (Phi) is 6.39. The molecule has 170 valence electrons. The van der Waals surface area contributed by atoms with E-state index in [-0.39, 0.29) is 17.8 Å². The number of likely N-dealkylation sites (N-methyl/N-ethyl adjacent to an activating group) is 1. The lowest BCUT2D eigenvalue weighted by molar-refractivity contribution is -0.385. The van der Waals surface area contributed by atoms with E-state index in [4.69, 9.17) is 9.47 Å². The van der Waals surface area contributed by atoms with E-state index in [2.05, 4.69) is 4.98 Å². The Morgan fingerprint density at radius 2 is 1.79 bits per heavy atom. The molecule has 0 bridgehead atoms. The van der Waals surface area contributed by atoms with E-state index < -0.39 is 4.92 Å². The van der Waals surface area contributed by atoms with Crippen molar-refractivity contribution in [2.75, 3.05) is 25.1 Å². The van der Waals surface area contributed by atoms with Crippen molar-refractivity contribution < 1.29 is 19.2 Å². The first-order valence-electron chi connectivity index (χ1n) is 10.6. The molecule has 1 atom stereocenters. The molecule has 1 aliphatic rings. The van der Waals surface area contributed by atoms with Crippen molar-refractivity contribution in [2.45, 2.75) is 19.4 Å². The maximum atomic E-state index is 11.7. The normalized spacial score (nSPS) is 15.3. The first-order valence-corrected chi connectivity index (χ1v) is 10.6. The minimum atomic E-state index is -0.473. The molecule has 0 spiro atoms. The number of cyclic esters (lactones) is 1. The molecule has 0 radical (unpaired) electrons. The monoisotopic (exact) mass is 448 g/mol. The summed E-state index contributed by atoms with van der Waals surface area (Å²) in [4.78, 5) is 29.7. The number of anilines is 2. The van der Waals surface area contributed by atoms with Gasteiger partial charge in [-0.1, -0.05) is 12.1 Å². The third kappa shape index (κ3) is 5.03. The summed E-state index contributed by atoms with van der Waals surface area (Å²) in [5.41, 5.74) is 1.93. The standard InChI is InChI=1S/C24H24N4O5/c1-3-27-20(16-32-24(27)29)14-17-4-9-21(10-5-17)33-22-11-6-18(7-12-22)26(2)23-13-8-19(15-25-23)28(30)31/h4-13,15,20H,3,14,16H2,1-2H3/t20-/m0/s1. The Labute approximate surface area is 191 Å². The lowest BCUT2D eigenvalue weighted by atomic mass is 10.1. The Bertz CT molecular complexity index is 1120. The lowest BCUT2D eigenvalue weighted by Crippen LogP contribution is -2.34. The summed E-state index contributed by atoms with van der Waals surface area (Å²) >= 11 is 0. The van der Waals surface area contributed by atoms with E-state index in [0.717, 1.165) is 17.7 Å². The van der Waals surface area contributed by atoms with Gasteiger partial charge in [-0.3, -0.25) is 10.1 Å². The van der Waals surface area contributed by atoms with Gasteiger partial charge in [-0.2, -0.15) is 0 Å². The number of hydrogen-bond donors (Lipinski definition) is 0. The summed E-state index contributed by atoms with van der Waals surface area (Å²) < 4.78 is 11.1. The maximum absolute atomic E-state index is 11.7. The van der Waals surface area contributed by atoms with Gasteiger partial charge < -0.3 is 19.3 Å². The van der Waals surface area contributed by atoms with E-state index >= 15 is 0 Å². The van der Waals surface area contributed by atoms with Crippen LogP contribution in [-0.4, -0.2) is 47.1 Å². The van der Waals surface area contributed by atoms with Crippen LogP contribution in [0.15, 0.2) is 66.9 Å². The second-order valence-electron chi connectivity index (χ2n) is 7.65. The summed E-state index contributed by atoms with van der Waals surface area (Å²) in [7, 11) is 1.84. The maximum Gasteiger partial charge on any atom is 0.410 e. The van der Waals surface area contributed by atoms with Gasteiger partial charge in [-0.25, -0.2) is 9.78 Å². The number of benzene rings is 2. The van der Waals surface area contributed by atoms with Gasteiger partial charge in [0.1, 0.15) is 30.1 Å². The van der Waals surface area contributed by atoms with Crippen molar-refractivity contribution in [3.05, 3.63) is 82.5 Å². The van der Waals surface area contributed by atoms with Gasteiger partial charge in [0, 0.05) is 25.3 Å². The summed E-state index contributed by atoms with van der Waals surface area (Å²) in [6.07, 6.45) is 1.72. The highest BCUT2D eigenvalue weighted by Gasteiger charge is 2.31. The van der Waals surface area contributed by atoms with Gasteiger partial charge in [0.25, 0.3) is 5.69 Å². The van der Waals surface area contributed by atoms with Crippen molar-refractivity contribution in [2.24, 2.45) is 0 Å². The fourth-order valence-electron chi connectivity index (χ4n) is 3.70. The highest BCUT2D eigenvalue weighted by molar-refractivity contribution is 5.70. The Balaban J connectivity index is 1.36. The van der Waals surface area contributed by atoms with Crippen molar-refractivity contribution in [1.82, 2.24) is 9.88 Å². The van der Waals surface area contributed by atoms with E-state index in [9.17, 15) is 14.9 Å². The number of pyridine rings is 1. The van der Waals surface area contributed by atoms with Gasteiger partial charge >= 0.3 is 6.09 Å². The smallest absolute Gasteiger partial charge is 0.410 e. The molecule has 0 aliphatic carbocycles. The van der Waals surface area contributed by atoms with Gasteiger partial charge in [-0.05, 0) is 61.4 Å². The summed E-state index contributed by atoms with van der Waals surface area (Å²) in [5.74, 6) is 1.99. The molecule has 3 aromatic rings.